The second-order valence-electron chi connectivity index (χ2n) is 7.54. The monoisotopic (exact) mass is 462 g/mol. The summed E-state index contributed by atoms with van der Waals surface area (Å²) in [4.78, 5) is 49.7. The van der Waals surface area contributed by atoms with Crippen molar-refractivity contribution in [1.29, 1.82) is 0 Å². The number of anilines is 1. The van der Waals surface area contributed by atoms with E-state index in [0.717, 1.165) is 50.2 Å². The first-order chi connectivity index (χ1) is 15.6. The number of nitrogens with one attached hydrogen (secondary N) is 1. The molecule has 2 aromatic rings. The lowest BCUT2D eigenvalue weighted by atomic mass is 10.3. The summed E-state index contributed by atoms with van der Waals surface area (Å²) in [5, 5.41) is 3.30. The number of aryl methyl sites for hydroxylation is 1. The van der Waals surface area contributed by atoms with Gasteiger partial charge < -0.3 is 19.5 Å². The fourth-order valence-corrected chi connectivity index (χ4v) is 4.32. The minimum Gasteiger partial charge on any atom is -0.384 e. The van der Waals surface area contributed by atoms with Crippen molar-refractivity contribution >= 4 is 34.2 Å². The van der Waals surface area contributed by atoms with Crippen LogP contribution in [-0.2, 0) is 20.9 Å². The molecule has 0 spiro atoms. The van der Waals surface area contributed by atoms with Gasteiger partial charge in [0.25, 0.3) is 5.91 Å². The summed E-state index contributed by atoms with van der Waals surface area (Å²) < 4.78 is 6.97. The van der Waals surface area contributed by atoms with Crippen LogP contribution in [0.15, 0.2) is 24.9 Å². The van der Waals surface area contributed by atoms with Gasteiger partial charge in [0, 0.05) is 58.6 Å². The van der Waals surface area contributed by atoms with E-state index >= 15 is 0 Å². The van der Waals surface area contributed by atoms with E-state index in [4.69, 9.17) is 4.74 Å². The van der Waals surface area contributed by atoms with Crippen LogP contribution in [-0.4, -0.2) is 77.1 Å². The van der Waals surface area contributed by atoms with E-state index in [1.54, 1.807) is 12.5 Å². The number of ether oxygens (including phenoxy) is 1. The number of carbonyl (C=O) groups is 3. The van der Waals surface area contributed by atoms with Gasteiger partial charge in [-0.15, -0.1) is 0 Å². The van der Waals surface area contributed by atoms with E-state index in [9.17, 15) is 14.4 Å². The largest absolute Gasteiger partial charge is 0.384 e. The third-order valence-corrected chi connectivity index (χ3v) is 6.23. The van der Waals surface area contributed by atoms with Crippen molar-refractivity contribution in [2.24, 2.45) is 0 Å². The molecule has 0 aliphatic carbocycles. The lowest BCUT2D eigenvalue weighted by molar-refractivity contribution is -0.129. The van der Waals surface area contributed by atoms with Crippen molar-refractivity contribution in [2.45, 2.75) is 38.6 Å². The number of aromatic nitrogens is 3. The normalized spacial score (nSPS) is 13.3. The first kappa shape index (κ1) is 23.9. The average Bonchev–Trinajstić information content (AvgIpc) is 3.57. The molecule has 0 atom stereocenters. The first-order valence-corrected chi connectivity index (χ1v) is 11.7. The third-order valence-electron chi connectivity index (χ3n) is 5.22. The smallest absolute Gasteiger partial charge is 0.263 e. The molecule has 174 valence electrons. The SMILES string of the molecule is COCCC(=O)N(CCC(=O)N1CCCC1)c1ncc(C(=O)NCCCn2ccnc2)s1. The zero-order valence-corrected chi connectivity index (χ0v) is 19.2. The molecule has 10 nitrogen and oxygen atoms in total. The maximum atomic E-state index is 12.7. The van der Waals surface area contributed by atoms with Gasteiger partial charge in [-0.05, 0) is 19.3 Å². The summed E-state index contributed by atoms with van der Waals surface area (Å²) in [6, 6.07) is 0. The zero-order chi connectivity index (χ0) is 22.8. The molecule has 1 aliphatic heterocycles. The van der Waals surface area contributed by atoms with Gasteiger partial charge in [0.1, 0.15) is 4.88 Å². The van der Waals surface area contributed by atoms with Crippen molar-refractivity contribution < 1.29 is 19.1 Å². The number of methoxy groups -OCH3 is 1. The predicted molar refractivity (Wildman–Crippen MR) is 121 cm³/mol. The number of amides is 3. The minimum atomic E-state index is -0.225. The van der Waals surface area contributed by atoms with Crippen LogP contribution < -0.4 is 10.2 Å². The number of thiazole rings is 1. The molecule has 0 saturated carbocycles. The lowest BCUT2D eigenvalue weighted by Crippen LogP contribution is -2.36. The van der Waals surface area contributed by atoms with Crippen LogP contribution in [0, 0.1) is 0 Å². The Morgan fingerprint density at radius 1 is 1.25 bits per heavy atom. The fourth-order valence-electron chi connectivity index (χ4n) is 3.45. The van der Waals surface area contributed by atoms with Crippen LogP contribution >= 0.6 is 11.3 Å². The van der Waals surface area contributed by atoms with Crippen LogP contribution in [0.4, 0.5) is 5.13 Å². The number of rotatable bonds is 12. The summed E-state index contributed by atoms with van der Waals surface area (Å²) in [5.74, 6) is -0.362. The van der Waals surface area contributed by atoms with E-state index in [0.29, 0.717) is 16.6 Å². The highest BCUT2D eigenvalue weighted by Crippen LogP contribution is 2.24. The van der Waals surface area contributed by atoms with E-state index in [1.807, 2.05) is 15.7 Å². The molecule has 0 radical (unpaired) electrons. The van der Waals surface area contributed by atoms with Crippen LogP contribution in [0.5, 0.6) is 0 Å². The second-order valence-corrected chi connectivity index (χ2v) is 8.55. The van der Waals surface area contributed by atoms with Crippen molar-refractivity contribution in [3.8, 4) is 0 Å². The standard InChI is InChI=1S/C21H30N6O4S/c1-31-14-6-19(29)27(12-5-18(28)26-10-2-3-11-26)21-24-15-17(32-21)20(30)23-7-4-9-25-13-8-22-16-25/h8,13,15-16H,2-7,9-12,14H2,1H3,(H,23,30). The molecule has 1 fully saturated rings. The molecule has 11 heteroatoms. The van der Waals surface area contributed by atoms with Gasteiger partial charge in [-0.2, -0.15) is 0 Å². The highest BCUT2D eigenvalue weighted by molar-refractivity contribution is 7.17. The summed E-state index contributed by atoms with van der Waals surface area (Å²) >= 11 is 1.15. The fraction of sp³-hybridized carbons (Fsp3) is 0.571. The van der Waals surface area contributed by atoms with Crippen LogP contribution in [0.1, 0.15) is 41.8 Å². The molecule has 3 amide bonds. The molecule has 1 aliphatic rings. The van der Waals surface area contributed by atoms with E-state index in [-0.39, 0.29) is 43.7 Å². The van der Waals surface area contributed by atoms with E-state index in [1.165, 1.54) is 18.2 Å². The molecule has 3 rings (SSSR count). The number of nitrogens with zero attached hydrogens (tertiary/aromatic N) is 5. The van der Waals surface area contributed by atoms with Crippen molar-refractivity contribution in [3.63, 3.8) is 0 Å². The Morgan fingerprint density at radius 2 is 2.06 bits per heavy atom. The minimum absolute atomic E-state index is 0.0412. The summed E-state index contributed by atoms with van der Waals surface area (Å²) in [6.45, 7) is 3.35. The van der Waals surface area contributed by atoms with Gasteiger partial charge in [-0.3, -0.25) is 19.3 Å². The number of carbonyl (C=O) groups excluding carboxylic acids is 3. The molecule has 32 heavy (non-hydrogen) atoms. The molecule has 1 N–H and O–H groups in total. The Labute approximate surface area is 191 Å². The molecule has 3 heterocycles. The average molecular weight is 463 g/mol. The Balaban J connectivity index is 1.55. The summed E-state index contributed by atoms with van der Waals surface area (Å²) in [5.41, 5.74) is 0. The Hall–Kier alpha value is -2.79. The van der Waals surface area contributed by atoms with Gasteiger partial charge in [-0.1, -0.05) is 11.3 Å². The number of imidazole rings is 1. The Kier molecular flexibility index (Phi) is 9.17. The van der Waals surface area contributed by atoms with Gasteiger partial charge in [-0.25, -0.2) is 9.97 Å². The van der Waals surface area contributed by atoms with Gasteiger partial charge in [0.05, 0.1) is 25.6 Å². The summed E-state index contributed by atoms with van der Waals surface area (Å²) in [7, 11) is 1.53. The van der Waals surface area contributed by atoms with Crippen LogP contribution in [0.3, 0.4) is 0 Å². The molecular formula is C21H30N6O4S. The molecule has 0 bridgehead atoms. The van der Waals surface area contributed by atoms with Gasteiger partial charge in [0.15, 0.2) is 5.13 Å². The van der Waals surface area contributed by atoms with Crippen LogP contribution in [0.2, 0.25) is 0 Å². The predicted octanol–water partition coefficient (Wildman–Crippen LogP) is 1.54. The highest BCUT2D eigenvalue weighted by Gasteiger charge is 2.24. The maximum absolute atomic E-state index is 12.7. The Bertz CT molecular complexity index is 879. The van der Waals surface area contributed by atoms with Crippen molar-refractivity contribution in [2.75, 3.05) is 44.8 Å². The second kappa shape index (κ2) is 12.3. The zero-order valence-electron chi connectivity index (χ0n) is 18.4. The maximum Gasteiger partial charge on any atom is 0.263 e. The highest BCUT2D eigenvalue weighted by atomic mass is 32.1. The first-order valence-electron chi connectivity index (χ1n) is 10.9. The topological polar surface area (TPSA) is 110 Å². The number of hydrogen-bond donors (Lipinski definition) is 1. The van der Waals surface area contributed by atoms with E-state index in [2.05, 4.69) is 15.3 Å². The molecule has 0 unspecified atom stereocenters. The molecule has 1 saturated heterocycles. The third kappa shape index (κ3) is 6.86. The molecule has 0 aromatic carbocycles. The quantitative estimate of drug-likeness (QED) is 0.479. The lowest BCUT2D eigenvalue weighted by Gasteiger charge is -2.21. The molecular weight excluding hydrogens is 432 g/mol. The number of likely N-dealkylation sites (tertiary alicyclic amines) is 1. The Morgan fingerprint density at radius 3 is 2.78 bits per heavy atom. The van der Waals surface area contributed by atoms with Crippen molar-refractivity contribution in [1.82, 2.24) is 24.8 Å². The van der Waals surface area contributed by atoms with Crippen LogP contribution in [0.25, 0.3) is 0 Å². The summed E-state index contributed by atoms with van der Waals surface area (Å²) in [6.07, 6.45) is 10.0. The molecule has 2 aromatic heterocycles. The van der Waals surface area contributed by atoms with Gasteiger partial charge >= 0.3 is 0 Å². The van der Waals surface area contributed by atoms with Crippen molar-refractivity contribution in [3.05, 3.63) is 29.8 Å². The van der Waals surface area contributed by atoms with Gasteiger partial charge in [0.2, 0.25) is 11.8 Å². The number of hydrogen-bond acceptors (Lipinski definition) is 7. The van der Waals surface area contributed by atoms with E-state index < -0.39 is 0 Å².